The van der Waals surface area contributed by atoms with Gasteiger partial charge in [-0.2, -0.15) is 0 Å². The van der Waals surface area contributed by atoms with Gasteiger partial charge in [0, 0.05) is 55.4 Å². The van der Waals surface area contributed by atoms with E-state index in [2.05, 4.69) is 20.1 Å². The molecular weight excluding hydrogens is 520 g/mol. The first-order valence-electron chi connectivity index (χ1n) is 15.0. The zero-order chi connectivity index (χ0) is 28.1. The SMILES string of the molecule is C[C@@H](O)c1cc2cnc(Nc3ccc4c(n3)CCN(C(=O)[C@H]3CCCN3CCO)C4)nc2c(N2C3CCC2CC3)n1. The molecule has 0 saturated carbocycles. The van der Waals surface area contributed by atoms with Crippen LogP contribution in [0.3, 0.4) is 0 Å². The Balaban J connectivity index is 1.11. The van der Waals surface area contributed by atoms with E-state index < -0.39 is 6.10 Å². The maximum absolute atomic E-state index is 13.3. The highest BCUT2D eigenvalue weighted by atomic mass is 16.3. The number of carbonyl (C=O) groups excluding carboxylic acids is 1. The number of hydrogen-bond acceptors (Lipinski definition) is 10. The first kappa shape index (κ1) is 26.5. The number of nitrogens with one attached hydrogen (secondary N) is 1. The van der Waals surface area contributed by atoms with Crippen LogP contribution in [0.2, 0.25) is 0 Å². The summed E-state index contributed by atoms with van der Waals surface area (Å²) in [5.74, 6) is 2.13. The Hall–Kier alpha value is -3.41. The molecule has 3 aromatic heterocycles. The number of fused-ring (bicyclic) bond motifs is 4. The number of pyridine rings is 2. The minimum atomic E-state index is -0.667. The lowest BCUT2D eigenvalue weighted by atomic mass is 10.0. The molecule has 3 aromatic rings. The van der Waals surface area contributed by atoms with E-state index >= 15 is 0 Å². The minimum Gasteiger partial charge on any atom is -0.395 e. The van der Waals surface area contributed by atoms with Crippen molar-refractivity contribution >= 4 is 34.4 Å². The lowest BCUT2D eigenvalue weighted by molar-refractivity contribution is -0.137. The van der Waals surface area contributed by atoms with E-state index in [4.69, 9.17) is 15.0 Å². The van der Waals surface area contributed by atoms with Gasteiger partial charge in [-0.3, -0.25) is 9.69 Å². The van der Waals surface area contributed by atoms with Crippen LogP contribution in [-0.2, 0) is 17.8 Å². The third kappa shape index (κ3) is 4.89. The highest BCUT2D eigenvalue weighted by Crippen LogP contribution is 2.42. The molecule has 3 N–H and O–H groups in total. The second-order valence-corrected chi connectivity index (χ2v) is 11.9. The van der Waals surface area contributed by atoms with Gasteiger partial charge in [-0.25, -0.2) is 19.9 Å². The Morgan fingerprint density at radius 1 is 1.10 bits per heavy atom. The number of carbonyl (C=O) groups is 1. The van der Waals surface area contributed by atoms with Crippen molar-refractivity contribution in [1.82, 2.24) is 29.7 Å². The van der Waals surface area contributed by atoms with Crippen LogP contribution >= 0.6 is 0 Å². The molecule has 3 fully saturated rings. The van der Waals surface area contributed by atoms with Crippen molar-refractivity contribution in [3.05, 3.63) is 41.3 Å². The van der Waals surface area contributed by atoms with Crippen LogP contribution in [0.4, 0.5) is 17.6 Å². The second kappa shape index (κ2) is 10.8. The van der Waals surface area contributed by atoms with Gasteiger partial charge in [0.25, 0.3) is 0 Å². The van der Waals surface area contributed by atoms with Crippen molar-refractivity contribution in [3.63, 3.8) is 0 Å². The third-order valence-corrected chi connectivity index (χ3v) is 9.33. The number of aliphatic hydroxyl groups is 2. The molecule has 0 aliphatic carbocycles. The number of likely N-dealkylation sites (tertiary alicyclic amines) is 1. The molecule has 4 aliphatic heterocycles. The molecule has 7 rings (SSSR count). The van der Waals surface area contributed by atoms with E-state index in [1.54, 1.807) is 13.1 Å². The van der Waals surface area contributed by atoms with E-state index in [1.165, 1.54) is 25.7 Å². The fraction of sp³-hybridized carbons (Fsp3) is 0.567. The van der Waals surface area contributed by atoms with Gasteiger partial charge in [0.2, 0.25) is 11.9 Å². The van der Waals surface area contributed by atoms with Crippen molar-refractivity contribution in [1.29, 1.82) is 0 Å². The van der Waals surface area contributed by atoms with Crippen LogP contribution in [0.5, 0.6) is 0 Å². The van der Waals surface area contributed by atoms with Gasteiger partial charge >= 0.3 is 0 Å². The number of rotatable bonds is 7. The lowest BCUT2D eigenvalue weighted by Crippen LogP contribution is -2.48. The second-order valence-electron chi connectivity index (χ2n) is 11.9. The molecule has 0 spiro atoms. The Kier molecular flexibility index (Phi) is 6.96. The number of hydrogen-bond donors (Lipinski definition) is 3. The van der Waals surface area contributed by atoms with Crippen LogP contribution in [-0.4, -0.2) is 90.2 Å². The molecule has 0 unspecified atom stereocenters. The van der Waals surface area contributed by atoms with Gasteiger partial charge in [0.1, 0.15) is 11.3 Å². The van der Waals surface area contributed by atoms with E-state index in [0.29, 0.717) is 55.6 Å². The van der Waals surface area contributed by atoms with Gasteiger partial charge in [-0.1, -0.05) is 6.07 Å². The van der Waals surface area contributed by atoms with Gasteiger partial charge in [-0.15, -0.1) is 0 Å². The summed E-state index contributed by atoms with van der Waals surface area (Å²) in [6.07, 6.45) is 8.36. The fourth-order valence-electron chi connectivity index (χ4n) is 7.26. The minimum absolute atomic E-state index is 0.0766. The van der Waals surface area contributed by atoms with Crippen LogP contribution in [0.25, 0.3) is 10.9 Å². The molecule has 2 bridgehead atoms. The van der Waals surface area contributed by atoms with Crippen molar-refractivity contribution in [2.45, 2.75) is 82.6 Å². The van der Waals surface area contributed by atoms with Gasteiger partial charge in [0.15, 0.2) is 5.82 Å². The molecule has 0 aromatic carbocycles. The molecule has 41 heavy (non-hydrogen) atoms. The van der Waals surface area contributed by atoms with Crippen molar-refractivity contribution < 1.29 is 15.0 Å². The summed E-state index contributed by atoms with van der Waals surface area (Å²) < 4.78 is 0. The van der Waals surface area contributed by atoms with Crippen molar-refractivity contribution in [2.24, 2.45) is 0 Å². The number of aliphatic hydroxyl groups excluding tert-OH is 2. The molecule has 4 aliphatic rings. The van der Waals surface area contributed by atoms with Gasteiger partial charge in [0.05, 0.1) is 24.4 Å². The molecule has 3 saturated heterocycles. The standard InChI is InChI=1S/C30H38N8O3/c1-18(40)24-15-20-16-31-30(35-27(20)28(33-24)38-21-5-6-22(38)8-7-21)34-26-9-4-19-17-37(12-10-23(19)32-26)29(41)25-3-2-11-36(25)13-14-39/h4,9,15-16,18,21-22,25,39-40H,2-3,5-8,10-14,17H2,1H3,(H,31,32,34,35)/t18-,21?,22?,25-/m1/s1. The smallest absolute Gasteiger partial charge is 0.240 e. The summed E-state index contributed by atoms with van der Waals surface area (Å²) in [6, 6.07) is 6.66. The Morgan fingerprint density at radius 2 is 1.90 bits per heavy atom. The highest BCUT2D eigenvalue weighted by Gasteiger charge is 2.41. The van der Waals surface area contributed by atoms with E-state index in [-0.39, 0.29) is 18.6 Å². The van der Waals surface area contributed by atoms with Crippen molar-refractivity contribution in [2.75, 3.05) is 36.5 Å². The van der Waals surface area contributed by atoms with E-state index in [9.17, 15) is 15.0 Å². The Morgan fingerprint density at radius 3 is 2.66 bits per heavy atom. The molecule has 0 radical (unpaired) electrons. The van der Waals surface area contributed by atoms with E-state index in [1.807, 2.05) is 23.1 Å². The number of amides is 1. The molecule has 2 atom stereocenters. The third-order valence-electron chi connectivity index (χ3n) is 9.33. The highest BCUT2D eigenvalue weighted by molar-refractivity contribution is 5.90. The molecule has 1 amide bonds. The zero-order valence-corrected chi connectivity index (χ0v) is 23.5. The number of aromatic nitrogens is 4. The predicted molar refractivity (Wildman–Crippen MR) is 155 cm³/mol. The number of β-amino-alcohol motifs (C(OH)–C–C–N with tert-alkyl or cyclic N) is 1. The van der Waals surface area contributed by atoms with Crippen LogP contribution in [0, 0.1) is 0 Å². The fourth-order valence-corrected chi connectivity index (χ4v) is 7.26. The van der Waals surface area contributed by atoms with Crippen molar-refractivity contribution in [3.8, 4) is 0 Å². The maximum atomic E-state index is 13.3. The molecular formula is C30H38N8O3. The van der Waals surface area contributed by atoms with Crippen LogP contribution in [0.15, 0.2) is 24.4 Å². The largest absolute Gasteiger partial charge is 0.395 e. The summed E-state index contributed by atoms with van der Waals surface area (Å²) in [4.78, 5) is 39.0. The molecule has 216 valence electrons. The summed E-state index contributed by atoms with van der Waals surface area (Å²) in [6.45, 7) is 4.42. The summed E-state index contributed by atoms with van der Waals surface area (Å²) in [5, 5.41) is 23.8. The van der Waals surface area contributed by atoms with Gasteiger partial charge < -0.3 is 25.3 Å². The summed E-state index contributed by atoms with van der Waals surface area (Å²) in [5.41, 5.74) is 3.47. The lowest BCUT2D eigenvalue weighted by Gasteiger charge is -2.33. The number of nitrogens with zero attached hydrogens (tertiary/aromatic N) is 7. The van der Waals surface area contributed by atoms with Crippen LogP contribution in [0.1, 0.15) is 68.5 Å². The Labute approximate surface area is 239 Å². The molecule has 11 nitrogen and oxygen atoms in total. The Bertz CT molecular complexity index is 1450. The maximum Gasteiger partial charge on any atom is 0.240 e. The first-order valence-corrected chi connectivity index (χ1v) is 15.0. The van der Waals surface area contributed by atoms with E-state index in [0.717, 1.165) is 47.4 Å². The summed E-state index contributed by atoms with van der Waals surface area (Å²) >= 11 is 0. The average molecular weight is 559 g/mol. The quantitative estimate of drug-likeness (QED) is 0.398. The molecule has 11 heteroatoms. The average Bonchev–Trinajstić information content (AvgIpc) is 3.73. The van der Waals surface area contributed by atoms with Gasteiger partial charge in [-0.05, 0) is 69.7 Å². The van der Waals surface area contributed by atoms with Crippen LogP contribution < -0.4 is 10.2 Å². The molecule has 7 heterocycles. The predicted octanol–water partition coefficient (Wildman–Crippen LogP) is 2.69. The summed E-state index contributed by atoms with van der Waals surface area (Å²) in [7, 11) is 0. The monoisotopic (exact) mass is 558 g/mol. The topological polar surface area (TPSA) is 131 Å². The number of anilines is 3. The first-order chi connectivity index (χ1) is 20.0. The zero-order valence-electron chi connectivity index (χ0n) is 23.5. The normalized spacial score (nSPS) is 24.7.